The smallest absolute Gasteiger partial charge is 0.311 e. The van der Waals surface area contributed by atoms with Gasteiger partial charge in [0.25, 0.3) is 0 Å². The number of likely N-dealkylation sites (tertiary alicyclic amines) is 1. The van der Waals surface area contributed by atoms with E-state index < -0.39 is 27.4 Å². The second-order valence-corrected chi connectivity index (χ2v) is 10.8. The Morgan fingerprint density at radius 2 is 1.93 bits per heavy atom. The lowest BCUT2D eigenvalue weighted by molar-refractivity contribution is -0.152. The molecule has 5 atom stereocenters. The maximum absolute atomic E-state index is 13.7. The normalized spacial score (nSPS) is 37.8. The zero-order valence-corrected chi connectivity index (χ0v) is 18.6. The fourth-order valence-electron chi connectivity index (χ4n) is 5.47. The Kier molecular flexibility index (Phi) is 5.51. The van der Waals surface area contributed by atoms with Crippen LogP contribution < -0.4 is 0 Å². The first-order valence-corrected chi connectivity index (χ1v) is 11.5. The van der Waals surface area contributed by atoms with Gasteiger partial charge in [-0.15, -0.1) is 11.8 Å². The lowest BCUT2D eigenvalue weighted by Crippen LogP contribution is -2.54. The molecule has 7 nitrogen and oxygen atoms in total. The lowest BCUT2D eigenvalue weighted by atomic mass is 9.75. The first-order valence-electron chi connectivity index (χ1n) is 10.7. The van der Waals surface area contributed by atoms with Crippen molar-refractivity contribution in [2.45, 2.75) is 55.2 Å². The minimum Gasteiger partial charge on any atom is -0.461 e. The average Bonchev–Trinajstić information content (AvgIpc) is 2.93. The topological polar surface area (TPSA) is 87.2 Å². The van der Waals surface area contributed by atoms with Crippen LogP contribution >= 0.6 is 11.8 Å². The fourth-order valence-corrected chi connectivity index (χ4v) is 7.62. The first-order chi connectivity index (χ1) is 14.3. The molecule has 0 aromatic rings. The number of fused-ring (bicyclic) bond motifs is 2. The molecule has 0 aliphatic carbocycles. The van der Waals surface area contributed by atoms with Gasteiger partial charge in [-0.25, -0.2) is 0 Å². The molecule has 2 saturated heterocycles. The number of esters is 1. The molecule has 2 fully saturated rings. The molecule has 4 heterocycles. The number of thioether (sulfide) groups is 1. The van der Waals surface area contributed by atoms with E-state index in [1.807, 2.05) is 45.1 Å². The second kappa shape index (κ2) is 7.71. The third-order valence-electron chi connectivity index (χ3n) is 6.77. The summed E-state index contributed by atoms with van der Waals surface area (Å²) < 4.78 is 3.99. The molecule has 0 aromatic carbocycles. The van der Waals surface area contributed by atoms with E-state index in [1.54, 1.807) is 21.6 Å². The Hall–Kier alpha value is -1.80. The Bertz CT molecular complexity index is 811. The summed E-state index contributed by atoms with van der Waals surface area (Å²) in [4.78, 5) is 43.9. The van der Waals surface area contributed by atoms with E-state index in [0.717, 1.165) is 0 Å². The van der Waals surface area contributed by atoms with Gasteiger partial charge in [-0.3, -0.25) is 14.4 Å². The monoisotopic (exact) mass is 434 g/mol. The summed E-state index contributed by atoms with van der Waals surface area (Å²) in [5.74, 6) is -1.88. The van der Waals surface area contributed by atoms with Gasteiger partial charge in [0.2, 0.25) is 11.8 Å². The van der Waals surface area contributed by atoms with Crippen molar-refractivity contribution in [3.63, 3.8) is 0 Å². The highest BCUT2D eigenvalue weighted by Crippen LogP contribution is 2.65. The predicted molar refractivity (Wildman–Crippen MR) is 114 cm³/mol. The number of carbonyl (C=O) groups excluding carboxylic acids is 3. The predicted octanol–water partition coefficient (Wildman–Crippen LogP) is 1.37. The van der Waals surface area contributed by atoms with Crippen molar-refractivity contribution in [1.29, 1.82) is 0 Å². The van der Waals surface area contributed by atoms with Crippen molar-refractivity contribution < 1.29 is 24.2 Å². The van der Waals surface area contributed by atoms with Gasteiger partial charge in [-0.1, -0.05) is 18.2 Å². The van der Waals surface area contributed by atoms with E-state index in [4.69, 9.17) is 4.74 Å². The number of aliphatic hydroxyl groups excluding tert-OH is 1. The summed E-state index contributed by atoms with van der Waals surface area (Å²) in [6.45, 7) is 7.05. The number of ether oxygens (including phenoxy) is 1. The highest BCUT2D eigenvalue weighted by Gasteiger charge is 2.73. The maximum atomic E-state index is 13.7. The Morgan fingerprint density at radius 3 is 2.63 bits per heavy atom. The summed E-state index contributed by atoms with van der Waals surface area (Å²) in [5.41, 5.74) is 0. The van der Waals surface area contributed by atoms with Gasteiger partial charge in [0.05, 0.1) is 16.6 Å². The SMILES string of the molecule is CC(C)N1CC=C[C@]23S[C@@]4(C)C=CCOC(=O)[C@H]4[C@H]2C(=O)N(CCCCO)C3C1=O. The Balaban J connectivity index is 1.83. The zero-order chi connectivity index (χ0) is 21.7. The van der Waals surface area contributed by atoms with Crippen LogP contribution in [-0.4, -0.2) is 80.6 Å². The van der Waals surface area contributed by atoms with Crippen molar-refractivity contribution in [1.82, 2.24) is 9.80 Å². The van der Waals surface area contributed by atoms with Crippen LogP contribution in [0.15, 0.2) is 24.3 Å². The van der Waals surface area contributed by atoms with Gasteiger partial charge < -0.3 is 19.6 Å². The quantitative estimate of drug-likeness (QED) is 0.400. The van der Waals surface area contributed by atoms with E-state index in [9.17, 15) is 19.5 Å². The van der Waals surface area contributed by atoms with Gasteiger partial charge in [-0.05, 0) is 39.7 Å². The van der Waals surface area contributed by atoms with Gasteiger partial charge in [-0.2, -0.15) is 0 Å². The number of rotatable bonds is 5. The Morgan fingerprint density at radius 1 is 1.17 bits per heavy atom. The summed E-state index contributed by atoms with van der Waals surface area (Å²) in [5, 5.41) is 9.20. The van der Waals surface area contributed by atoms with Gasteiger partial charge in [0.1, 0.15) is 12.6 Å². The van der Waals surface area contributed by atoms with Gasteiger partial charge >= 0.3 is 5.97 Å². The number of cyclic esters (lactones) is 1. The van der Waals surface area contributed by atoms with Crippen molar-refractivity contribution in [3.8, 4) is 0 Å². The second-order valence-electron chi connectivity index (χ2n) is 8.98. The standard InChI is InChI=1S/C22H30N2O5S/c1-14(2)23-11-6-9-22-15(16-20(28)29-13-7-8-21(16,3)30-22)18(26)24(10-4-5-12-25)17(22)19(23)27/h6-9,14-17,25H,4-5,10-13H2,1-3H3/t15-,16+,17?,21-,22-/m0/s1. The molecule has 4 aliphatic rings. The fraction of sp³-hybridized carbons (Fsp3) is 0.682. The lowest BCUT2D eigenvalue weighted by Gasteiger charge is -2.37. The summed E-state index contributed by atoms with van der Waals surface area (Å²) >= 11 is 1.56. The molecule has 8 heteroatoms. The van der Waals surface area contributed by atoms with E-state index in [2.05, 4.69) is 0 Å². The molecule has 4 aliphatic heterocycles. The third-order valence-corrected chi connectivity index (χ3v) is 8.57. The van der Waals surface area contributed by atoms with Crippen molar-refractivity contribution in [2.75, 3.05) is 26.3 Å². The third kappa shape index (κ3) is 3.02. The van der Waals surface area contributed by atoms with Crippen molar-refractivity contribution >= 4 is 29.5 Å². The van der Waals surface area contributed by atoms with Crippen LogP contribution in [0, 0.1) is 11.8 Å². The van der Waals surface area contributed by atoms with Crippen LogP contribution in [0.2, 0.25) is 0 Å². The van der Waals surface area contributed by atoms with Crippen molar-refractivity contribution in [2.24, 2.45) is 11.8 Å². The van der Waals surface area contributed by atoms with Crippen LogP contribution in [0.1, 0.15) is 33.6 Å². The van der Waals surface area contributed by atoms with Crippen LogP contribution in [0.4, 0.5) is 0 Å². The zero-order valence-electron chi connectivity index (χ0n) is 17.7. The number of hydrogen-bond donors (Lipinski definition) is 1. The van der Waals surface area contributed by atoms with Gasteiger partial charge in [0, 0.05) is 30.5 Å². The van der Waals surface area contributed by atoms with E-state index in [-0.39, 0.29) is 37.0 Å². The van der Waals surface area contributed by atoms with E-state index in [1.165, 1.54) is 0 Å². The summed E-state index contributed by atoms with van der Waals surface area (Å²) in [6.07, 6.45) is 8.97. The highest BCUT2D eigenvalue weighted by molar-refractivity contribution is 8.02. The Labute approximate surface area is 181 Å². The van der Waals surface area contributed by atoms with Crippen LogP contribution in [0.3, 0.4) is 0 Å². The molecular weight excluding hydrogens is 404 g/mol. The van der Waals surface area contributed by atoms with Crippen LogP contribution in [-0.2, 0) is 19.1 Å². The first kappa shape index (κ1) is 21.4. The summed E-state index contributed by atoms with van der Waals surface area (Å²) in [6, 6.07) is -0.659. The van der Waals surface area contributed by atoms with Gasteiger partial charge in [0.15, 0.2) is 0 Å². The van der Waals surface area contributed by atoms with Crippen LogP contribution in [0.25, 0.3) is 0 Å². The van der Waals surface area contributed by atoms with E-state index >= 15 is 0 Å². The number of unbranched alkanes of at least 4 members (excludes halogenated alkanes) is 1. The number of carbonyl (C=O) groups is 3. The van der Waals surface area contributed by atoms with Crippen LogP contribution in [0.5, 0.6) is 0 Å². The molecule has 0 bridgehead atoms. The highest BCUT2D eigenvalue weighted by atomic mass is 32.2. The molecule has 4 rings (SSSR count). The molecule has 164 valence electrons. The number of hydrogen-bond acceptors (Lipinski definition) is 6. The number of aliphatic hydroxyl groups is 1. The largest absolute Gasteiger partial charge is 0.461 e. The number of nitrogens with zero attached hydrogens (tertiary/aromatic N) is 2. The minimum atomic E-state index is -0.808. The molecule has 0 saturated carbocycles. The maximum Gasteiger partial charge on any atom is 0.311 e. The molecule has 1 unspecified atom stereocenters. The molecule has 0 radical (unpaired) electrons. The summed E-state index contributed by atoms with van der Waals surface area (Å²) in [7, 11) is 0. The average molecular weight is 435 g/mol. The molecule has 30 heavy (non-hydrogen) atoms. The minimum absolute atomic E-state index is 0.00284. The molecule has 1 N–H and O–H groups in total. The van der Waals surface area contributed by atoms with Crippen molar-refractivity contribution in [3.05, 3.63) is 24.3 Å². The molecular formula is C22H30N2O5S. The molecule has 2 amide bonds. The molecule has 1 spiro atoms. The number of amides is 2. The molecule has 0 aromatic heterocycles. The van der Waals surface area contributed by atoms with E-state index in [0.29, 0.717) is 25.9 Å².